The average Bonchev–Trinajstić information content (AvgIpc) is 3.37. The van der Waals surface area contributed by atoms with E-state index >= 15 is 0 Å². The summed E-state index contributed by atoms with van der Waals surface area (Å²) >= 11 is 4.32. The Morgan fingerprint density at radius 2 is 1.76 bits per heavy atom. The first kappa shape index (κ1) is 18.8. The zero-order valence-corrected chi connectivity index (χ0v) is 17.4. The summed E-state index contributed by atoms with van der Waals surface area (Å²) in [6.07, 6.45) is 0. The summed E-state index contributed by atoms with van der Waals surface area (Å²) in [6, 6.07) is 9.04. The number of hydrogen-bond donors (Lipinski definition) is 0. The normalized spacial score (nSPS) is 13.8. The third kappa shape index (κ3) is 3.06. The third-order valence-electron chi connectivity index (χ3n) is 4.10. The molecule has 1 aliphatic heterocycles. The lowest BCUT2D eigenvalue weighted by atomic mass is 9.95. The van der Waals surface area contributed by atoms with Crippen LogP contribution < -0.4 is 4.74 Å². The minimum Gasteiger partial charge on any atom is -0.480 e. The Balaban J connectivity index is 1.88. The van der Waals surface area contributed by atoms with Crippen molar-refractivity contribution < 1.29 is 4.74 Å². The SMILES string of the molecule is [C-]#[N+]C(C#N)=Nc1cc2sc3c(c2s1)OC(C)(C)c1cc(N=C(C#N)C#N)sc1-3. The van der Waals surface area contributed by atoms with Gasteiger partial charge in [0.15, 0.2) is 5.75 Å². The molecule has 3 aromatic heterocycles. The molecule has 0 saturated carbocycles. The van der Waals surface area contributed by atoms with Crippen LogP contribution >= 0.6 is 34.0 Å². The molecule has 3 aromatic rings. The Morgan fingerprint density at radius 1 is 1.03 bits per heavy atom. The van der Waals surface area contributed by atoms with Gasteiger partial charge < -0.3 is 9.58 Å². The van der Waals surface area contributed by atoms with Gasteiger partial charge >= 0.3 is 5.84 Å². The van der Waals surface area contributed by atoms with Crippen LogP contribution in [0.1, 0.15) is 19.4 Å². The number of nitrogens with zero attached hydrogens (tertiary/aromatic N) is 6. The minimum atomic E-state index is -0.623. The van der Waals surface area contributed by atoms with Gasteiger partial charge in [0, 0.05) is 11.6 Å². The van der Waals surface area contributed by atoms with Gasteiger partial charge in [-0.2, -0.15) is 10.5 Å². The Hall–Kier alpha value is -3.54. The number of hydrogen-bond acceptors (Lipinski definition) is 9. The monoisotopic (exact) mass is 432 g/mol. The van der Waals surface area contributed by atoms with Gasteiger partial charge in [-0.1, -0.05) is 22.9 Å². The van der Waals surface area contributed by atoms with E-state index in [-0.39, 0.29) is 11.5 Å². The molecule has 10 heteroatoms. The molecule has 1 aliphatic rings. The van der Waals surface area contributed by atoms with Crippen molar-refractivity contribution in [2.75, 3.05) is 0 Å². The number of fused-ring (bicyclic) bond motifs is 5. The van der Waals surface area contributed by atoms with E-state index in [4.69, 9.17) is 27.1 Å². The molecule has 138 valence electrons. The molecule has 0 amide bonds. The van der Waals surface area contributed by atoms with E-state index in [0.717, 1.165) is 30.5 Å². The molecule has 0 fully saturated rings. The van der Waals surface area contributed by atoms with Crippen molar-refractivity contribution in [2.45, 2.75) is 19.4 Å². The number of thiophene rings is 3. The second-order valence-corrected chi connectivity index (χ2v) is 9.43. The van der Waals surface area contributed by atoms with E-state index in [0.29, 0.717) is 10.0 Å². The first-order valence-electron chi connectivity index (χ1n) is 8.05. The lowest BCUT2D eigenvalue weighted by Gasteiger charge is -2.31. The molecule has 0 aliphatic carbocycles. The van der Waals surface area contributed by atoms with Crippen LogP contribution in [0.3, 0.4) is 0 Å². The molecule has 0 radical (unpaired) electrons. The van der Waals surface area contributed by atoms with Gasteiger partial charge in [0.05, 0.1) is 19.2 Å². The van der Waals surface area contributed by atoms with Crippen LogP contribution in [0.2, 0.25) is 0 Å². The summed E-state index contributed by atoms with van der Waals surface area (Å²) in [7, 11) is 0. The standard InChI is InChI=1S/C19H8N6OS3/c1-19(2)10-4-13(24-9(6-20)7-21)28-16(10)18-15(26-19)17-11(27-18)5-14(29-17)25-12(8-22)23-3/h4-5H,1-2H3. The number of nitriles is 3. The second kappa shape index (κ2) is 6.81. The molecule has 7 nitrogen and oxygen atoms in total. The molecular weight excluding hydrogens is 424 g/mol. The van der Waals surface area contributed by atoms with Crippen LogP contribution in [0, 0.1) is 40.6 Å². The quantitative estimate of drug-likeness (QED) is 0.285. The van der Waals surface area contributed by atoms with Crippen LogP contribution in [0.15, 0.2) is 22.1 Å². The van der Waals surface area contributed by atoms with Gasteiger partial charge in [-0.05, 0) is 19.9 Å². The number of amidine groups is 1. The molecule has 0 N–H and O–H groups in total. The summed E-state index contributed by atoms with van der Waals surface area (Å²) in [6.45, 7) is 10.9. The lowest BCUT2D eigenvalue weighted by Crippen LogP contribution is -2.27. The van der Waals surface area contributed by atoms with E-state index in [9.17, 15) is 0 Å². The molecule has 0 unspecified atom stereocenters. The topological polar surface area (TPSA) is 110 Å². The van der Waals surface area contributed by atoms with Crippen LogP contribution in [0.4, 0.5) is 10.0 Å². The Kier molecular flexibility index (Phi) is 4.42. The van der Waals surface area contributed by atoms with E-state index in [1.54, 1.807) is 18.2 Å². The molecule has 4 rings (SSSR count). The summed E-state index contributed by atoms with van der Waals surface area (Å²) in [5, 5.41) is 28.0. The fourth-order valence-electron chi connectivity index (χ4n) is 2.88. The highest BCUT2D eigenvalue weighted by atomic mass is 32.1. The zero-order chi connectivity index (χ0) is 20.8. The zero-order valence-electron chi connectivity index (χ0n) is 15.0. The van der Waals surface area contributed by atoms with Crippen molar-refractivity contribution in [3.63, 3.8) is 0 Å². The maximum absolute atomic E-state index is 8.97. The van der Waals surface area contributed by atoms with Gasteiger partial charge in [0.2, 0.25) is 10.7 Å². The maximum atomic E-state index is 8.97. The minimum absolute atomic E-state index is 0.190. The molecule has 0 bridgehead atoms. The van der Waals surface area contributed by atoms with Crippen molar-refractivity contribution in [3.8, 4) is 33.7 Å². The molecule has 0 atom stereocenters. The smallest absolute Gasteiger partial charge is 0.350 e. The van der Waals surface area contributed by atoms with Crippen LogP contribution in [0.25, 0.3) is 24.0 Å². The predicted octanol–water partition coefficient (Wildman–Crippen LogP) is 5.91. The van der Waals surface area contributed by atoms with Crippen molar-refractivity contribution in [3.05, 3.63) is 29.1 Å². The van der Waals surface area contributed by atoms with Gasteiger partial charge in [0.1, 0.15) is 28.8 Å². The third-order valence-corrected chi connectivity index (χ3v) is 7.56. The summed E-state index contributed by atoms with van der Waals surface area (Å²) in [4.78, 5) is 13.3. The molecule has 0 saturated heterocycles. The summed E-state index contributed by atoms with van der Waals surface area (Å²) < 4.78 is 8.19. The Morgan fingerprint density at radius 3 is 2.41 bits per heavy atom. The van der Waals surface area contributed by atoms with Crippen LogP contribution in [-0.4, -0.2) is 11.5 Å². The molecule has 0 aromatic carbocycles. The molecule has 29 heavy (non-hydrogen) atoms. The number of ether oxygens (including phenoxy) is 1. The van der Waals surface area contributed by atoms with Gasteiger partial charge in [-0.25, -0.2) is 10.3 Å². The van der Waals surface area contributed by atoms with E-state index in [1.807, 2.05) is 26.0 Å². The fourth-order valence-corrected chi connectivity index (χ4v) is 6.57. The second-order valence-electron chi connectivity index (χ2n) is 6.32. The van der Waals surface area contributed by atoms with Crippen molar-refractivity contribution in [2.24, 2.45) is 9.98 Å². The largest absolute Gasteiger partial charge is 0.480 e. The predicted molar refractivity (Wildman–Crippen MR) is 114 cm³/mol. The van der Waals surface area contributed by atoms with E-state index in [2.05, 4.69) is 14.8 Å². The fraction of sp³-hybridized carbons (Fsp3) is 0.158. The van der Waals surface area contributed by atoms with Crippen molar-refractivity contribution in [1.29, 1.82) is 15.8 Å². The maximum Gasteiger partial charge on any atom is 0.350 e. The highest BCUT2D eigenvalue weighted by molar-refractivity contribution is 7.33. The molecular formula is C19H8N6OS3. The van der Waals surface area contributed by atoms with Crippen molar-refractivity contribution in [1.82, 2.24) is 0 Å². The summed E-state index contributed by atoms with van der Waals surface area (Å²) in [5.74, 6) is 0.538. The highest BCUT2D eigenvalue weighted by Crippen LogP contribution is 2.58. The Bertz CT molecular complexity index is 1370. The van der Waals surface area contributed by atoms with Gasteiger partial charge in [-0.3, -0.25) is 0 Å². The summed E-state index contributed by atoms with van der Waals surface area (Å²) in [5.41, 5.74) is 0.142. The van der Waals surface area contributed by atoms with Crippen LogP contribution in [-0.2, 0) is 5.60 Å². The first-order valence-corrected chi connectivity index (χ1v) is 10.5. The molecule has 0 spiro atoms. The number of aliphatic imine (C=N–C) groups is 2. The van der Waals surface area contributed by atoms with Gasteiger partial charge in [0.25, 0.3) is 0 Å². The van der Waals surface area contributed by atoms with Crippen LogP contribution in [0.5, 0.6) is 5.75 Å². The average molecular weight is 433 g/mol. The Labute approximate surface area is 177 Å². The van der Waals surface area contributed by atoms with E-state index < -0.39 is 5.60 Å². The van der Waals surface area contributed by atoms with E-state index in [1.165, 1.54) is 34.0 Å². The highest BCUT2D eigenvalue weighted by Gasteiger charge is 2.38. The van der Waals surface area contributed by atoms with Gasteiger partial charge in [-0.15, -0.1) is 22.7 Å². The lowest BCUT2D eigenvalue weighted by molar-refractivity contribution is 0.109. The molecule has 4 heterocycles. The number of rotatable bonds is 2. The van der Waals surface area contributed by atoms with Crippen molar-refractivity contribution >= 4 is 65.0 Å². The first-order chi connectivity index (χ1) is 13.9.